The van der Waals surface area contributed by atoms with E-state index in [0.717, 1.165) is 19.1 Å². The Bertz CT molecular complexity index is 138. The van der Waals surface area contributed by atoms with E-state index < -0.39 is 0 Å². The van der Waals surface area contributed by atoms with Crippen molar-refractivity contribution < 1.29 is 0 Å². The number of rotatable bonds is 5. The molecule has 0 aromatic heterocycles. The highest BCUT2D eigenvalue weighted by molar-refractivity contribution is 7.16. The van der Waals surface area contributed by atoms with Crippen LogP contribution in [-0.2, 0) is 0 Å². The summed E-state index contributed by atoms with van der Waals surface area (Å²) in [4.78, 5) is 0. The molecule has 0 spiro atoms. The largest absolute Gasteiger partial charge is 0.319 e. The van der Waals surface area contributed by atoms with Gasteiger partial charge in [0.25, 0.3) is 0 Å². The highest BCUT2D eigenvalue weighted by Crippen LogP contribution is 2.03. The molecule has 0 heterocycles. The predicted molar refractivity (Wildman–Crippen MR) is 56.0 cm³/mol. The minimum absolute atomic E-state index is 1.05. The molecule has 11 heavy (non-hydrogen) atoms. The highest BCUT2D eigenvalue weighted by Gasteiger charge is 1.88. The molecule has 2 heteroatoms. The van der Waals surface area contributed by atoms with Crippen molar-refractivity contribution in [1.29, 1.82) is 0 Å². The van der Waals surface area contributed by atoms with Crippen molar-refractivity contribution in [3.8, 4) is 0 Å². The van der Waals surface area contributed by atoms with Crippen molar-refractivity contribution in [2.24, 2.45) is 0 Å². The van der Waals surface area contributed by atoms with Gasteiger partial charge in [-0.15, -0.1) is 9.24 Å². The van der Waals surface area contributed by atoms with Gasteiger partial charge in [-0.1, -0.05) is 23.8 Å². The van der Waals surface area contributed by atoms with E-state index in [2.05, 4.69) is 39.7 Å². The summed E-state index contributed by atoms with van der Waals surface area (Å²) in [6.07, 6.45) is 8.66. The fraction of sp³-hybridized carbons (Fsp3) is 0.556. The van der Waals surface area contributed by atoms with Gasteiger partial charge in [-0.3, -0.25) is 0 Å². The van der Waals surface area contributed by atoms with Crippen LogP contribution in [0.4, 0.5) is 0 Å². The van der Waals surface area contributed by atoms with Crippen LogP contribution in [0.25, 0.3) is 0 Å². The first kappa shape index (κ1) is 10.9. The maximum Gasteiger partial charge on any atom is -0.00115 e. The molecule has 0 aliphatic carbocycles. The SMILES string of the molecule is C/C=C\C(=C/CP)CCNC. The molecule has 0 fully saturated rings. The zero-order chi connectivity index (χ0) is 8.53. The van der Waals surface area contributed by atoms with Crippen molar-refractivity contribution in [3.05, 3.63) is 23.8 Å². The first-order valence-electron chi connectivity index (χ1n) is 4.01. The minimum atomic E-state index is 1.05. The van der Waals surface area contributed by atoms with E-state index in [-0.39, 0.29) is 0 Å². The maximum atomic E-state index is 3.13. The molecule has 64 valence electrons. The third kappa shape index (κ3) is 6.28. The van der Waals surface area contributed by atoms with Crippen LogP contribution < -0.4 is 5.32 Å². The normalized spacial score (nSPS) is 12.8. The summed E-state index contributed by atoms with van der Waals surface area (Å²) < 4.78 is 0. The molecule has 0 aliphatic heterocycles. The molecule has 0 aromatic rings. The zero-order valence-corrected chi connectivity index (χ0v) is 8.59. The second-order valence-electron chi connectivity index (χ2n) is 2.37. The smallest absolute Gasteiger partial charge is 0.00115 e. The zero-order valence-electron chi connectivity index (χ0n) is 7.43. The summed E-state index contributed by atoms with van der Waals surface area (Å²) in [5.74, 6) is 0. The molecule has 1 unspecified atom stereocenters. The van der Waals surface area contributed by atoms with Crippen molar-refractivity contribution in [3.63, 3.8) is 0 Å². The highest BCUT2D eigenvalue weighted by atomic mass is 31.0. The van der Waals surface area contributed by atoms with Gasteiger partial charge in [0.15, 0.2) is 0 Å². The molecular formula is C9H18NP. The lowest BCUT2D eigenvalue weighted by atomic mass is 10.1. The topological polar surface area (TPSA) is 12.0 Å². The van der Waals surface area contributed by atoms with E-state index in [0.29, 0.717) is 0 Å². The second-order valence-corrected chi connectivity index (χ2v) is 2.84. The van der Waals surface area contributed by atoms with Gasteiger partial charge in [-0.05, 0) is 33.1 Å². The van der Waals surface area contributed by atoms with Crippen LogP contribution in [0.2, 0.25) is 0 Å². The molecule has 0 rings (SSSR count). The third-order valence-corrected chi connectivity index (χ3v) is 1.66. The molecular weight excluding hydrogens is 153 g/mol. The van der Waals surface area contributed by atoms with Crippen LogP contribution in [0, 0.1) is 0 Å². The first-order valence-corrected chi connectivity index (χ1v) is 4.83. The second kappa shape index (κ2) is 7.97. The van der Waals surface area contributed by atoms with Crippen LogP contribution in [0.3, 0.4) is 0 Å². The van der Waals surface area contributed by atoms with Gasteiger partial charge in [0.1, 0.15) is 0 Å². The monoisotopic (exact) mass is 171 g/mol. The van der Waals surface area contributed by atoms with Gasteiger partial charge < -0.3 is 5.32 Å². The van der Waals surface area contributed by atoms with E-state index in [4.69, 9.17) is 0 Å². The van der Waals surface area contributed by atoms with Gasteiger partial charge in [0.05, 0.1) is 0 Å². The lowest BCUT2D eigenvalue weighted by molar-refractivity contribution is 0.793. The quantitative estimate of drug-likeness (QED) is 0.492. The number of hydrogen-bond donors (Lipinski definition) is 1. The molecule has 0 saturated heterocycles. The molecule has 0 saturated carbocycles. The summed E-state index contributed by atoms with van der Waals surface area (Å²) >= 11 is 0. The van der Waals surface area contributed by atoms with Crippen LogP contribution in [-0.4, -0.2) is 19.8 Å². The summed E-state index contributed by atoms with van der Waals surface area (Å²) in [7, 11) is 4.69. The molecule has 0 aromatic carbocycles. The Morgan fingerprint density at radius 3 is 2.73 bits per heavy atom. The summed E-state index contributed by atoms with van der Waals surface area (Å²) in [6.45, 7) is 3.11. The van der Waals surface area contributed by atoms with Gasteiger partial charge in [-0.2, -0.15) is 0 Å². The van der Waals surface area contributed by atoms with Gasteiger partial charge in [0.2, 0.25) is 0 Å². The predicted octanol–water partition coefficient (Wildman–Crippen LogP) is 1.97. The first-order chi connectivity index (χ1) is 5.35. The van der Waals surface area contributed by atoms with E-state index in [1.165, 1.54) is 5.57 Å². The lowest BCUT2D eigenvalue weighted by Gasteiger charge is -2.00. The summed E-state index contributed by atoms with van der Waals surface area (Å²) in [5, 5.41) is 3.13. The molecule has 0 bridgehead atoms. The Balaban J connectivity index is 3.79. The van der Waals surface area contributed by atoms with Crippen LogP contribution >= 0.6 is 9.24 Å². The van der Waals surface area contributed by atoms with Crippen LogP contribution in [0.15, 0.2) is 23.8 Å². The van der Waals surface area contributed by atoms with Gasteiger partial charge in [0, 0.05) is 0 Å². The fourth-order valence-corrected chi connectivity index (χ4v) is 1.19. The Morgan fingerprint density at radius 1 is 1.55 bits per heavy atom. The average molecular weight is 171 g/mol. The summed E-state index contributed by atoms with van der Waals surface area (Å²) in [5.41, 5.74) is 1.41. The van der Waals surface area contributed by atoms with Gasteiger partial charge in [-0.25, -0.2) is 0 Å². The van der Waals surface area contributed by atoms with Crippen molar-refractivity contribution >= 4 is 9.24 Å². The van der Waals surface area contributed by atoms with Crippen LogP contribution in [0.5, 0.6) is 0 Å². The fourth-order valence-electron chi connectivity index (χ4n) is 0.888. The summed E-state index contributed by atoms with van der Waals surface area (Å²) in [6, 6.07) is 0. The van der Waals surface area contributed by atoms with E-state index >= 15 is 0 Å². The Morgan fingerprint density at radius 2 is 2.27 bits per heavy atom. The van der Waals surface area contributed by atoms with Crippen molar-refractivity contribution in [2.75, 3.05) is 19.8 Å². The molecule has 1 atom stereocenters. The average Bonchev–Trinajstić information content (AvgIpc) is 2.01. The maximum absolute atomic E-state index is 3.13. The Labute approximate surface area is 72.2 Å². The molecule has 1 nitrogen and oxygen atoms in total. The van der Waals surface area contributed by atoms with E-state index in [1.54, 1.807) is 0 Å². The van der Waals surface area contributed by atoms with Crippen LogP contribution in [0.1, 0.15) is 13.3 Å². The van der Waals surface area contributed by atoms with Gasteiger partial charge >= 0.3 is 0 Å². The molecule has 0 radical (unpaired) electrons. The number of allylic oxidation sites excluding steroid dienone is 3. The number of nitrogens with one attached hydrogen (secondary N) is 1. The third-order valence-electron chi connectivity index (χ3n) is 1.42. The Hall–Kier alpha value is -0.130. The minimum Gasteiger partial charge on any atom is -0.319 e. The molecule has 1 N–H and O–H groups in total. The standard InChI is InChI=1S/C9H18NP/c1-3-4-9(6-8-11)5-7-10-2/h3-4,6,10H,5,7-8,11H2,1-2H3/b4-3-,9-6+. The van der Waals surface area contributed by atoms with E-state index in [1.807, 2.05) is 7.05 Å². The molecule has 0 amide bonds. The molecule has 0 aliphatic rings. The Kier molecular flexibility index (Phi) is 7.88. The van der Waals surface area contributed by atoms with Crippen molar-refractivity contribution in [2.45, 2.75) is 13.3 Å². The lowest BCUT2D eigenvalue weighted by Crippen LogP contribution is -2.07. The van der Waals surface area contributed by atoms with Crippen molar-refractivity contribution in [1.82, 2.24) is 5.32 Å². The van der Waals surface area contributed by atoms with E-state index in [9.17, 15) is 0 Å². The number of hydrogen-bond acceptors (Lipinski definition) is 1.